The van der Waals surface area contributed by atoms with Crippen LogP contribution in [-0.2, 0) is 15.7 Å². The van der Waals surface area contributed by atoms with E-state index >= 15 is 0 Å². The van der Waals surface area contributed by atoms with Crippen molar-refractivity contribution in [3.05, 3.63) is 23.0 Å². The van der Waals surface area contributed by atoms with Gasteiger partial charge in [-0.05, 0) is 45.3 Å². The van der Waals surface area contributed by atoms with Gasteiger partial charge in [0.15, 0.2) is 0 Å². The minimum atomic E-state index is -0.457. The first-order valence-corrected chi connectivity index (χ1v) is 7.02. The van der Waals surface area contributed by atoms with Crippen LogP contribution in [0.4, 0.5) is 0 Å². The Morgan fingerprint density at radius 2 is 1.85 bits per heavy atom. The minimum absolute atomic E-state index is 0.389. The molecule has 0 unspecified atom stereocenters. The molecule has 0 N–H and O–H groups in total. The summed E-state index contributed by atoms with van der Waals surface area (Å²) in [7, 11) is -0.457. The van der Waals surface area contributed by atoms with Crippen molar-refractivity contribution in [3.63, 3.8) is 0 Å². The molecule has 1 aromatic rings. The largest absolute Gasteiger partial charge is 0.495 e. The van der Waals surface area contributed by atoms with E-state index in [-0.39, 0.29) is 11.2 Å². The topological polar surface area (TPSA) is 55.1 Å². The van der Waals surface area contributed by atoms with Gasteiger partial charge < -0.3 is 9.31 Å². The number of nitrogens with zero attached hydrogens (tertiary/aromatic N) is 2. The summed E-state index contributed by atoms with van der Waals surface area (Å²) >= 11 is 6.04. The highest BCUT2D eigenvalue weighted by atomic mass is 35.5. The molecule has 0 aliphatic carbocycles. The smallest absolute Gasteiger partial charge is 0.399 e. The molecule has 0 bridgehead atoms. The third-order valence-electron chi connectivity index (χ3n) is 3.89. The Morgan fingerprint density at radius 3 is 2.40 bits per heavy atom. The van der Waals surface area contributed by atoms with Crippen LogP contribution >= 0.6 is 11.6 Å². The monoisotopic (exact) mass is 292 g/mol. The quantitative estimate of drug-likeness (QED) is 0.634. The molecule has 6 heteroatoms. The van der Waals surface area contributed by atoms with Gasteiger partial charge in [-0.2, -0.15) is 5.26 Å². The van der Waals surface area contributed by atoms with Gasteiger partial charge in [-0.15, -0.1) is 0 Å². The number of aromatic nitrogens is 1. The van der Waals surface area contributed by atoms with Crippen LogP contribution in [0, 0.1) is 11.3 Å². The Labute approximate surface area is 125 Å². The lowest BCUT2D eigenvalue weighted by Gasteiger charge is -2.32. The first-order valence-electron chi connectivity index (χ1n) is 6.64. The molecule has 106 valence electrons. The number of rotatable bonds is 3. The van der Waals surface area contributed by atoms with Gasteiger partial charge in [0.1, 0.15) is 5.15 Å². The van der Waals surface area contributed by atoms with Crippen molar-refractivity contribution in [1.29, 1.82) is 5.26 Å². The number of nitriles is 1. The molecule has 0 saturated carbocycles. The summed E-state index contributed by atoms with van der Waals surface area (Å²) in [5.74, 6) is 0. The highest BCUT2D eigenvalue weighted by Gasteiger charge is 2.51. The maximum Gasteiger partial charge on any atom is 0.495 e. The predicted octanol–water partition coefficient (Wildman–Crippen LogP) is 2.49. The van der Waals surface area contributed by atoms with Crippen LogP contribution in [0.1, 0.15) is 39.8 Å². The Morgan fingerprint density at radius 1 is 1.25 bits per heavy atom. The molecular weight excluding hydrogens is 274 g/mol. The second-order valence-corrected chi connectivity index (χ2v) is 6.35. The lowest BCUT2D eigenvalue weighted by molar-refractivity contribution is 0.00578. The van der Waals surface area contributed by atoms with Gasteiger partial charge in [-0.25, -0.2) is 4.98 Å². The molecule has 1 saturated heterocycles. The number of aryl methyl sites for hydroxylation is 1. The Hall–Kier alpha value is -1.09. The fourth-order valence-corrected chi connectivity index (χ4v) is 2.24. The molecule has 2 rings (SSSR count). The summed E-state index contributed by atoms with van der Waals surface area (Å²) in [4.78, 5) is 4.22. The molecule has 0 atom stereocenters. The highest BCUT2D eigenvalue weighted by molar-refractivity contribution is 6.62. The van der Waals surface area contributed by atoms with Crippen molar-refractivity contribution in [2.75, 3.05) is 0 Å². The summed E-state index contributed by atoms with van der Waals surface area (Å²) in [6.07, 6.45) is 0.986. The molecule has 4 nitrogen and oxygen atoms in total. The van der Waals surface area contributed by atoms with Crippen LogP contribution in [0.3, 0.4) is 0 Å². The summed E-state index contributed by atoms with van der Waals surface area (Å²) < 4.78 is 12.0. The van der Waals surface area contributed by atoms with Crippen LogP contribution < -0.4 is 5.46 Å². The van der Waals surface area contributed by atoms with Gasteiger partial charge in [0.25, 0.3) is 0 Å². The molecule has 0 amide bonds. The molecule has 0 radical (unpaired) electrons. The molecule has 1 aliphatic heterocycles. The number of hydrogen-bond donors (Lipinski definition) is 0. The summed E-state index contributed by atoms with van der Waals surface area (Å²) in [5.41, 5.74) is 0.848. The zero-order chi connectivity index (χ0) is 15.0. The average Bonchev–Trinajstić information content (AvgIpc) is 2.55. The molecule has 20 heavy (non-hydrogen) atoms. The fourth-order valence-electron chi connectivity index (χ4n) is 2.00. The van der Waals surface area contributed by atoms with Crippen molar-refractivity contribution in [2.45, 2.75) is 51.7 Å². The summed E-state index contributed by atoms with van der Waals surface area (Å²) in [6, 6.07) is 5.75. The minimum Gasteiger partial charge on any atom is -0.399 e. The van der Waals surface area contributed by atoms with E-state index in [9.17, 15) is 0 Å². The fraction of sp³-hybridized carbons (Fsp3) is 0.571. The zero-order valence-corrected chi connectivity index (χ0v) is 13.0. The number of halogens is 1. The second kappa shape index (κ2) is 5.36. The molecule has 0 aromatic carbocycles. The Kier molecular flexibility index (Phi) is 4.10. The predicted molar refractivity (Wildman–Crippen MR) is 78.9 cm³/mol. The van der Waals surface area contributed by atoms with Crippen molar-refractivity contribution in [2.24, 2.45) is 0 Å². The van der Waals surface area contributed by atoms with Crippen LogP contribution in [0.25, 0.3) is 0 Å². The molecule has 1 fully saturated rings. The van der Waals surface area contributed by atoms with Crippen molar-refractivity contribution >= 4 is 24.2 Å². The number of hydrogen-bond acceptors (Lipinski definition) is 4. The summed E-state index contributed by atoms with van der Waals surface area (Å²) in [5, 5.41) is 9.05. The van der Waals surface area contributed by atoms with E-state index in [1.807, 2.05) is 33.8 Å². The van der Waals surface area contributed by atoms with E-state index in [0.29, 0.717) is 18.0 Å². The van der Waals surface area contributed by atoms with Crippen molar-refractivity contribution in [3.8, 4) is 6.07 Å². The maximum absolute atomic E-state index is 8.65. The SMILES string of the molecule is CC1(C)OB(c2cc(Cl)nc(CCC#N)c2)OC1(C)C. The second-order valence-electron chi connectivity index (χ2n) is 5.96. The van der Waals surface area contributed by atoms with Crippen molar-refractivity contribution in [1.82, 2.24) is 4.98 Å². The lowest BCUT2D eigenvalue weighted by atomic mass is 9.79. The Bertz CT molecular complexity index is 539. The molecule has 1 aromatic heterocycles. The van der Waals surface area contributed by atoms with Gasteiger partial charge in [0.05, 0.1) is 17.3 Å². The first-order chi connectivity index (χ1) is 9.25. The van der Waals surface area contributed by atoms with Gasteiger partial charge in [-0.3, -0.25) is 0 Å². The van der Waals surface area contributed by atoms with E-state index in [1.54, 1.807) is 6.07 Å². The van der Waals surface area contributed by atoms with Gasteiger partial charge in [0.2, 0.25) is 0 Å². The van der Waals surface area contributed by atoms with Gasteiger partial charge in [-0.1, -0.05) is 11.6 Å². The molecule has 1 aliphatic rings. The van der Waals surface area contributed by atoms with Crippen LogP contribution in [-0.4, -0.2) is 23.3 Å². The number of pyridine rings is 1. The third-order valence-corrected chi connectivity index (χ3v) is 4.08. The van der Waals surface area contributed by atoms with E-state index in [1.165, 1.54) is 0 Å². The first kappa shape index (κ1) is 15.3. The standard InChI is InChI=1S/C14H18BClN2O2/c1-13(2)14(3,4)20-15(19-13)10-8-11(6-5-7-17)18-12(16)9-10/h8-9H,5-6H2,1-4H3. The zero-order valence-electron chi connectivity index (χ0n) is 12.2. The van der Waals surface area contributed by atoms with E-state index in [2.05, 4.69) is 11.1 Å². The summed E-state index contributed by atoms with van der Waals surface area (Å²) in [6.45, 7) is 8.03. The van der Waals surface area contributed by atoms with Crippen molar-refractivity contribution < 1.29 is 9.31 Å². The maximum atomic E-state index is 8.65. The van der Waals surface area contributed by atoms with Crippen LogP contribution in [0.2, 0.25) is 5.15 Å². The average molecular weight is 293 g/mol. The van der Waals surface area contributed by atoms with Crippen LogP contribution in [0.5, 0.6) is 0 Å². The molecule has 0 spiro atoms. The highest BCUT2D eigenvalue weighted by Crippen LogP contribution is 2.36. The van der Waals surface area contributed by atoms with E-state index in [0.717, 1.165) is 11.2 Å². The van der Waals surface area contributed by atoms with Gasteiger partial charge >= 0.3 is 7.12 Å². The van der Waals surface area contributed by atoms with E-state index < -0.39 is 7.12 Å². The third kappa shape index (κ3) is 2.98. The van der Waals surface area contributed by atoms with Crippen LogP contribution in [0.15, 0.2) is 12.1 Å². The molecular formula is C14H18BClN2O2. The Balaban J connectivity index is 2.26. The normalized spacial score (nSPS) is 19.9. The van der Waals surface area contributed by atoms with E-state index in [4.69, 9.17) is 26.2 Å². The molecule has 2 heterocycles. The lowest BCUT2D eigenvalue weighted by Crippen LogP contribution is -2.41. The van der Waals surface area contributed by atoms with Gasteiger partial charge in [0, 0.05) is 18.5 Å².